The van der Waals surface area contributed by atoms with Gasteiger partial charge in [-0.15, -0.1) is 0 Å². The molecule has 1 saturated carbocycles. The SMILES string of the molecule is CCOc1cc(CNCCOCC2CC2)ccc1O. The second-order valence-electron chi connectivity index (χ2n) is 4.93. The summed E-state index contributed by atoms with van der Waals surface area (Å²) in [5.74, 6) is 1.57. The average Bonchev–Trinajstić information content (AvgIpc) is 3.21. The molecule has 0 heterocycles. The highest BCUT2D eigenvalue weighted by molar-refractivity contribution is 5.41. The molecular formula is C15H23NO3. The van der Waals surface area contributed by atoms with Crippen LogP contribution in [0.5, 0.6) is 11.5 Å². The van der Waals surface area contributed by atoms with Gasteiger partial charge in [-0.05, 0) is 43.4 Å². The van der Waals surface area contributed by atoms with Gasteiger partial charge in [0.1, 0.15) is 0 Å². The van der Waals surface area contributed by atoms with E-state index in [1.165, 1.54) is 12.8 Å². The predicted molar refractivity (Wildman–Crippen MR) is 74.5 cm³/mol. The van der Waals surface area contributed by atoms with E-state index in [0.717, 1.165) is 37.8 Å². The third kappa shape index (κ3) is 5.09. The van der Waals surface area contributed by atoms with Crippen molar-refractivity contribution in [2.75, 3.05) is 26.4 Å². The third-order valence-corrected chi connectivity index (χ3v) is 3.13. The summed E-state index contributed by atoms with van der Waals surface area (Å²) >= 11 is 0. The number of benzene rings is 1. The predicted octanol–water partition coefficient (Wildman–Crippen LogP) is 2.31. The van der Waals surface area contributed by atoms with Gasteiger partial charge in [0.2, 0.25) is 0 Å². The quantitative estimate of drug-likeness (QED) is 0.673. The van der Waals surface area contributed by atoms with E-state index in [2.05, 4.69) is 5.32 Å². The van der Waals surface area contributed by atoms with Crippen LogP contribution >= 0.6 is 0 Å². The first kappa shape index (κ1) is 14.2. The maximum Gasteiger partial charge on any atom is 0.161 e. The Morgan fingerprint density at radius 1 is 1.37 bits per heavy atom. The molecule has 2 rings (SSSR count). The van der Waals surface area contributed by atoms with Crippen LogP contribution < -0.4 is 10.1 Å². The number of hydrogen-bond acceptors (Lipinski definition) is 4. The van der Waals surface area contributed by atoms with Crippen LogP contribution in [0.3, 0.4) is 0 Å². The minimum absolute atomic E-state index is 0.193. The highest BCUT2D eigenvalue weighted by atomic mass is 16.5. The zero-order chi connectivity index (χ0) is 13.5. The van der Waals surface area contributed by atoms with Crippen LogP contribution in [-0.4, -0.2) is 31.5 Å². The second-order valence-corrected chi connectivity index (χ2v) is 4.93. The molecule has 4 nitrogen and oxygen atoms in total. The number of nitrogens with one attached hydrogen (secondary N) is 1. The van der Waals surface area contributed by atoms with Crippen molar-refractivity contribution in [3.8, 4) is 11.5 Å². The number of ether oxygens (including phenoxy) is 2. The van der Waals surface area contributed by atoms with Gasteiger partial charge in [-0.3, -0.25) is 0 Å². The summed E-state index contributed by atoms with van der Waals surface area (Å²) in [7, 11) is 0. The molecule has 0 atom stereocenters. The molecule has 0 spiro atoms. The average molecular weight is 265 g/mol. The summed E-state index contributed by atoms with van der Waals surface area (Å²) in [6.07, 6.45) is 2.67. The highest BCUT2D eigenvalue weighted by Crippen LogP contribution is 2.28. The zero-order valence-electron chi connectivity index (χ0n) is 11.5. The van der Waals surface area contributed by atoms with Gasteiger partial charge in [-0.1, -0.05) is 6.07 Å². The van der Waals surface area contributed by atoms with Gasteiger partial charge in [-0.2, -0.15) is 0 Å². The van der Waals surface area contributed by atoms with Crippen molar-refractivity contribution in [3.63, 3.8) is 0 Å². The summed E-state index contributed by atoms with van der Waals surface area (Å²) in [6.45, 7) is 5.73. The summed E-state index contributed by atoms with van der Waals surface area (Å²) < 4.78 is 10.9. The lowest BCUT2D eigenvalue weighted by atomic mass is 10.2. The molecular weight excluding hydrogens is 242 g/mol. The van der Waals surface area contributed by atoms with Gasteiger partial charge >= 0.3 is 0 Å². The molecule has 0 bridgehead atoms. The molecule has 19 heavy (non-hydrogen) atoms. The molecule has 0 amide bonds. The number of aromatic hydroxyl groups is 1. The molecule has 1 aromatic carbocycles. The molecule has 1 aromatic rings. The number of rotatable bonds is 9. The number of phenols is 1. The van der Waals surface area contributed by atoms with E-state index in [4.69, 9.17) is 9.47 Å². The molecule has 106 valence electrons. The zero-order valence-corrected chi connectivity index (χ0v) is 11.5. The Morgan fingerprint density at radius 3 is 2.95 bits per heavy atom. The van der Waals surface area contributed by atoms with Gasteiger partial charge in [-0.25, -0.2) is 0 Å². The van der Waals surface area contributed by atoms with E-state index >= 15 is 0 Å². The molecule has 1 fully saturated rings. The van der Waals surface area contributed by atoms with Crippen molar-refractivity contribution in [2.24, 2.45) is 5.92 Å². The first-order valence-electron chi connectivity index (χ1n) is 7.02. The lowest BCUT2D eigenvalue weighted by Crippen LogP contribution is -2.19. The minimum atomic E-state index is 0.193. The van der Waals surface area contributed by atoms with Gasteiger partial charge in [0, 0.05) is 19.7 Å². The van der Waals surface area contributed by atoms with Gasteiger partial charge in [0.25, 0.3) is 0 Å². The van der Waals surface area contributed by atoms with Crippen molar-refractivity contribution < 1.29 is 14.6 Å². The Balaban J connectivity index is 1.65. The van der Waals surface area contributed by atoms with Gasteiger partial charge in [0.05, 0.1) is 13.2 Å². The highest BCUT2D eigenvalue weighted by Gasteiger charge is 2.20. The van der Waals surface area contributed by atoms with E-state index in [1.54, 1.807) is 6.07 Å². The van der Waals surface area contributed by atoms with Crippen LogP contribution in [-0.2, 0) is 11.3 Å². The van der Waals surface area contributed by atoms with Gasteiger partial charge < -0.3 is 19.9 Å². The molecule has 0 aliphatic heterocycles. The molecule has 0 aromatic heterocycles. The van der Waals surface area contributed by atoms with Crippen LogP contribution in [0.15, 0.2) is 18.2 Å². The van der Waals surface area contributed by atoms with Crippen molar-refractivity contribution in [1.29, 1.82) is 0 Å². The molecule has 1 aliphatic carbocycles. The fourth-order valence-corrected chi connectivity index (χ4v) is 1.85. The first-order chi connectivity index (χ1) is 9.29. The van der Waals surface area contributed by atoms with E-state index in [1.807, 2.05) is 19.1 Å². The van der Waals surface area contributed by atoms with E-state index in [-0.39, 0.29) is 5.75 Å². The molecule has 0 unspecified atom stereocenters. The summed E-state index contributed by atoms with van der Waals surface area (Å²) in [6, 6.07) is 5.44. The van der Waals surface area contributed by atoms with Crippen LogP contribution in [0, 0.1) is 5.92 Å². The molecule has 0 saturated heterocycles. The Hall–Kier alpha value is -1.26. The van der Waals surface area contributed by atoms with E-state index in [9.17, 15) is 5.11 Å². The third-order valence-electron chi connectivity index (χ3n) is 3.13. The summed E-state index contributed by atoms with van der Waals surface area (Å²) in [5, 5.41) is 12.9. The fraction of sp³-hybridized carbons (Fsp3) is 0.600. The maximum absolute atomic E-state index is 9.60. The van der Waals surface area contributed by atoms with Crippen molar-refractivity contribution in [3.05, 3.63) is 23.8 Å². The Morgan fingerprint density at radius 2 is 2.21 bits per heavy atom. The fourth-order valence-electron chi connectivity index (χ4n) is 1.85. The normalized spacial score (nSPS) is 14.6. The monoisotopic (exact) mass is 265 g/mol. The maximum atomic E-state index is 9.60. The minimum Gasteiger partial charge on any atom is -0.504 e. The van der Waals surface area contributed by atoms with Crippen LogP contribution in [0.4, 0.5) is 0 Å². The number of hydrogen-bond donors (Lipinski definition) is 2. The lowest BCUT2D eigenvalue weighted by molar-refractivity contribution is 0.126. The number of phenolic OH excluding ortho intramolecular Hbond substituents is 1. The first-order valence-corrected chi connectivity index (χ1v) is 7.02. The smallest absolute Gasteiger partial charge is 0.161 e. The van der Waals surface area contributed by atoms with Crippen molar-refractivity contribution in [2.45, 2.75) is 26.3 Å². The Kier molecular flexibility index (Phi) is 5.48. The molecule has 0 radical (unpaired) electrons. The Labute approximate surface area is 114 Å². The topological polar surface area (TPSA) is 50.7 Å². The standard InChI is InChI=1S/C15H23NO3/c1-2-19-15-9-13(5-6-14(15)17)10-16-7-8-18-11-12-3-4-12/h5-6,9,12,16-17H,2-4,7-8,10-11H2,1H3. The second kappa shape index (κ2) is 7.36. The van der Waals surface area contributed by atoms with E-state index < -0.39 is 0 Å². The van der Waals surface area contributed by atoms with Gasteiger partial charge in [0.15, 0.2) is 11.5 Å². The lowest BCUT2D eigenvalue weighted by Gasteiger charge is -2.09. The van der Waals surface area contributed by atoms with Crippen LogP contribution in [0.2, 0.25) is 0 Å². The van der Waals surface area contributed by atoms with Crippen molar-refractivity contribution >= 4 is 0 Å². The summed E-state index contributed by atoms with van der Waals surface area (Å²) in [5.41, 5.74) is 1.10. The largest absolute Gasteiger partial charge is 0.504 e. The summed E-state index contributed by atoms with van der Waals surface area (Å²) in [4.78, 5) is 0. The van der Waals surface area contributed by atoms with E-state index in [0.29, 0.717) is 12.4 Å². The molecule has 2 N–H and O–H groups in total. The van der Waals surface area contributed by atoms with Crippen LogP contribution in [0.25, 0.3) is 0 Å². The van der Waals surface area contributed by atoms with Crippen LogP contribution in [0.1, 0.15) is 25.3 Å². The molecule has 4 heteroatoms. The Bertz CT molecular complexity index is 391. The van der Waals surface area contributed by atoms with Crippen molar-refractivity contribution in [1.82, 2.24) is 5.32 Å². The molecule has 1 aliphatic rings.